The second kappa shape index (κ2) is 9.76. The van der Waals surface area contributed by atoms with E-state index in [0.29, 0.717) is 10.5 Å². The number of carboxylic acid groups (broad SMARTS) is 1. The van der Waals surface area contributed by atoms with Gasteiger partial charge in [-0.1, -0.05) is 6.07 Å². The predicted molar refractivity (Wildman–Crippen MR) is 109 cm³/mol. The molecule has 0 aliphatic rings. The van der Waals surface area contributed by atoms with Gasteiger partial charge in [0, 0.05) is 24.7 Å². The molecule has 3 aromatic rings. The molecule has 1 atom stereocenters. The molecule has 9 heteroatoms. The van der Waals surface area contributed by atoms with Crippen LogP contribution in [-0.2, 0) is 22.3 Å². The van der Waals surface area contributed by atoms with Crippen molar-refractivity contribution in [3.63, 3.8) is 0 Å². The van der Waals surface area contributed by atoms with Gasteiger partial charge in [0.2, 0.25) is 0 Å². The molecule has 3 aromatic carbocycles. The molecule has 0 saturated carbocycles. The summed E-state index contributed by atoms with van der Waals surface area (Å²) in [5, 5.41) is 8.87. The first-order chi connectivity index (χ1) is 14.7. The van der Waals surface area contributed by atoms with Crippen LogP contribution in [0.4, 0.5) is 13.2 Å². The lowest BCUT2D eigenvalue weighted by Crippen LogP contribution is -2.21. The van der Waals surface area contributed by atoms with Gasteiger partial charge in [0.1, 0.15) is 34.2 Å². The van der Waals surface area contributed by atoms with E-state index >= 15 is 0 Å². The third-order valence-electron chi connectivity index (χ3n) is 4.32. The molecule has 0 fully saturated rings. The second-order valence-corrected chi connectivity index (χ2v) is 8.22. The molecule has 1 unspecified atom stereocenters. The molecule has 0 aliphatic heterocycles. The van der Waals surface area contributed by atoms with Crippen molar-refractivity contribution >= 4 is 17.0 Å². The van der Waals surface area contributed by atoms with Crippen LogP contribution in [0.5, 0.6) is 5.75 Å². The fraction of sp³-hybridized carbons (Fsp3) is 0.136. The third kappa shape index (κ3) is 5.71. The number of aliphatic carboxylic acids is 1. The van der Waals surface area contributed by atoms with Crippen molar-refractivity contribution in [3.05, 3.63) is 83.7 Å². The number of carbonyl (C=O) groups is 1. The van der Waals surface area contributed by atoms with Crippen LogP contribution >= 0.6 is 0 Å². The molecule has 1 N–H and O–H groups in total. The number of hydrogen-bond acceptors (Lipinski definition) is 3. The topological polar surface area (TPSA) is 66.8 Å². The van der Waals surface area contributed by atoms with Crippen LogP contribution < -0.4 is 4.74 Å². The first-order valence-corrected chi connectivity index (χ1v) is 10.2. The number of rotatable bonds is 8. The quantitative estimate of drug-likeness (QED) is 0.554. The van der Waals surface area contributed by atoms with E-state index < -0.39 is 41.0 Å². The number of halogens is 3. The summed E-state index contributed by atoms with van der Waals surface area (Å²) in [7, 11) is 0.00662. The van der Waals surface area contributed by atoms with Gasteiger partial charge in [-0.2, -0.15) is 0 Å². The first-order valence-electron chi connectivity index (χ1n) is 9.06. The summed E-state index contributed by atoms with van der Waals surface area (Å²) in [4.78, 5) is 11.3. The smallest absolute Gasteiger partial charge is 0.341 e. The Morgan fingerprint density at radius 3 is 2.32 bits per heavy atom. The summed E-state index contributed by atoms with van der Waals surface area (Å²) in [6.45, 7) is -0.495. The lowest BCUT2D eigenvalue weighted by atomic mass is 10.0. The SMILES string of the molecule is CN(Cc1ccc(OCC(=O)O)c(-c2cc(F)ccc2F)c1)S(=O)c1ccc(F)cc1. The zero-order valence-corrected chi connectivity index (χ0v) is 17.2. The molecule has 162 valence electrons. The van der Waals surface area contributed by atoms with Gasteiger partial charge < -0.3 is 9.84 Å². The van der Waals surface area contributed by atoms with E-state index in [1.54, 1.807) is 13.1 Å². The molecule has 0 aromatic heterocycles. The van der Waals surface area contributed by atoms with E-state index in [2.05, 4.69) is 0 Å². The van der Waals surface area contributed by atoms with Crippen molar-refractivity contribution in [2.75, 3.05) is 13.7 Å². The van der Waals surface area contributed by atoms with Crippen LogP contribution in [0.25, 0.3) is 11.1 Å². The highest BCUT2D eigenvalue weighted by Gasteiger charge is 2.17. The van der Waals surface area contributed by atoms with Crippen LogP contribution in [-0.4, -0.2) is 33.2 Å². The number of hydrogen-bond donors (Lipinski definition) is 1. The summed E-state index contributed by atoms with van der Waals surface area (Å²) in [6, 6.07) is 12.8. The Balaban J connectivity index is 1.92. The molecule has 0 bridgehead atoms. The Labute approximate surface area is 179 Å². The molecule has 0 spiro atoms. The highest BCUT2D eigenvalue weighted by molar-refractivity contribution is 7.82. The maximum absolute atomic E-state index is 14.4. The van der Waals surface area contributed by atoms with E-state index in [4.69, 9.17) is 9.84 Å². The Bertz CT molecular complexity index is 1120. The van der Waals surface area contributed by atoms with E-state index in [0.717, 1.165) is 18.2 Å². The van der Waals surface area contributed by atoms with Gasteiger partial charge in [0.15, 0.2) is 6.61 Å². The van der Waals surface area contributed by atoms with Crippen molar-refractivity contribution < 1.29 is 32.0 Å². The molecule has 5 nitrogen and oxygen atoms in total. The molecule has 0 radical (unpaired) electrons. The molecule has 31 heavy (non-hydrogen) atoms. The van der Waals surface area contributed by atoms with Gasteiger partial charge in [-0.15, -0.1) is 0 Å². The number of ether oxygens (including phenoxy) is 1. The monoisotopic (exact) mass is 449 g/mol. The molecule has 0 saturated heterocycles. The predicted octanol–water partition coefficient (Wildman–Crippen LogP) is 4.39. The van der Waals surface area contributed by atoms with Gasteiger partial charge in [-0.3, -0.25) is 0 Å². The van der Waals surface area contributed by atoms with E-state index in [1.165, 1.54) is 40.7 Å². The average Bonchev–Trinajstić information content (AvgIpc) is 2.74. The minimum Gasteiger partial charge on any atom is -0.481 e. The average molecular weight is 449 g/mol. The Morgan fingerprint density at radius 1 is 0.968 bits per heavy atom. The molecule has 0 amide bonds. The molecule has 3 rings (SSSR count). The fourth-order valence-corrected chi connectivity index (χ4v) is 3.90. The number of carboxylic acids is 1. The molecule has 0 heterocycles. The normalized spacial score (nSPS) is 12.0. The first kappa shape index (κ1) is 22.5. The van der Waals surface area contributed by atoms with Gasteiger partial charge in [-0.25, -0.2) is 26.5 Å². The lowest BCUT2D eigenvalue weighted by Gasteiger charge is -2.18. The van der Waals surface area contributed by atoms with Crippen molar-refractivity contribution in [1.82, 2.24) is 4.31 Å². The van der Waals surface area contributed by atoms with Gasteiger partial charge in [0.25, 0.3) is 0 Å². The summed E-state index contributed by atoms with van der Waals surface area (Å²) in [6.07, 6.45) is 0. The van der Waals surface area contributed by atoms with E-state index in [1.807, 2.05) is 0 Å². The minimum absolute atomic E-state index is 0.0676. The second-order valence-electron chi connectivity index (χ2n) is 6.63. The lowest BCUT2D eigenvalue weighted by molar-refractivity contribution is -0.139. The maximum Gasteiger partial charge on any atom is 0.341 e. The van der Waals surface area contributed by atoms with Crippen LogP contribution in [0.15, 0.2) is 65.6 Å². The van der Waals surface area contributed by atoms with Gasteiger partial charge >= 0.3 is 5.97 Å². The van der Waals surface area contributed by atoms with Crippen LogP contribution in [0, 0.1) is 17.5 Å². The van der Waals surface area contributed by atoms with E-state index in [9.17, 15) is 22.2 Å². The molecule has 0 aliphatic carbocycles. The van der Waals surface area contributed by atoms with Crippen molar-refractivity contribution in [3.8, 4) is 16.9 Å². The van der Waals surface area contributed by atoms with Crippen LogP contribution in [0.3, 0.4) is 0 Å². The Kier molecular flexibility index (Phi) is 7.09. The zero-order valence-electron chi connectivity index (χ0n) is 16.3. The fourth-order valence-electron chi connectivity index (χ4n) is 2.90. The highest BCUT2D eigenvalue weighted by atomic mass is 32.2. The van der Waals surface area contributed by atoms with Crippen molar-refractivity contribution in [2.45, 2.75) is 11.4 Å². The highest BCUT2D eigenvalue weighted by Crippen LogP contribution is 2.34. The largest absolute Gasteiger partial charge is 0.481 e. The maximum atomic E-state index is 14.4. The van der Waals surface area contributed by atoms with Crippen molar-refractivity contribution in [1.29, 1.82) is 0 Å². The van der Waals surface area contributed by atoms with Crippen molar-refractivity contribution in [2.24, 2.45) is 0 Å². The van der Waals surface area contributed by atoms with Gasteiger partial charge in [0.05, 0.1) is 4.90 Å². The summed E-state index contributed by atoms with van der Waals surface area (Å²) in [5.41, 5.74) is 0.667. The minimum atomic E-state index is -1.59. The molecular weight excluding hydrogens is 431 g/mol. The molecular formula is C22H18F3NO4S. The Hall–Kier alpha value is -3.17. The Morgan fingerprint density at radius 2 is 1.65 bits per heavy atom. The number of benzene rings is 3. The summed E-state index contributed by atoms with van der Waals surface area (Å²) in [5.74, 6) is -2.97. The van der Waals surface area contributed by atoms with Crippen LogP contribution in [0.2, 0.25) is 0 Å². The summed E-state index contributed by atoms with van der Waals surface area (Å²) < 4.78 is 60.6. The third-order valence-corrected chi connectivity index (χ3v) is 5.69. The number of nitrogens with zero attached hydrogens (tertiary/aromatic N) is 1. The van der Waals surface area contributed by atoms with E-state index in [-0.39, 0.29) is 23.4 Å². The standard InChI is InChI=1S/C22H18F3NO4S/c1-26(31(29)17-6-3-15(23)4-7-17)12-14-2-9-21(30-13-22(27)28)19(10-14)18-11-16(24)5-8-20(18)25/h2-11H,12-13H2,1H3,(H,27,28). The van der Waals surface area contributed by atoms with Gasteiger partial charge in [-0.05, 0) is 60.2 Å². The van der Waals surface area contributed by atoms with Crippen LogP contribution in [0.1, 0.15) is 5.56 Å². The summed E-state index contributed by atoms with van der Waals surface area (Å²) >= 11 is 0. The zero-order chi connectivity index (χ0) is 22.5.